The van der Waals surface area contributed by atoms with Crippen molar-refractivity contribution in [2.24, 2.45) is 11.6 Å². The Morgan fingerprint density at radius 2 is 2.19 bits per heavy atom. The van der Waals surface area contributed by atoms with E-state index in [1.807, 2.05) is 0 Å². The summed E-state index contributed by atoms with van der Waals surface area (Å²) in [5.74, 6) is 3.32. The Bertz CT molecular complexity index is 450. The Hall–Kier alpha value is -1.79. The van der Waals surface area contributed by atoms with Gasteiger partial charge in [-0.3, -0.25) is 5.01 Å². The molecule has 0 spiro atoms. The zero-order valence-electron chi connectivity index (χ0n) is 8.02. The molecule has 1 rings (SSSR count). The highest BCUT2D eigenvalue weighted by atomic mass is 35.5. The lowest BCUT2D eigenvalue weighted by molar-refractivity contribution is -0.132. The number of carboxylic acids is 1. The highest BCUT2D eigenvalue weighted by Crippen LogP contribution is 2.24. The first-order chi connectivity index (χ1) is 7.43. The topological polar surface area (TPSA) is 92.6 Å². The first kappa shape index (κ1) is 12.3. The van der Waals surface area contributed by atoms with Gasteiger partial charge in [0, 0.05) is 0 Å². The van der Waals surface area contributed by atoms with E-state index in [1.54, 1.807) is 0 Å². The van der Waals surface area contributed by atoms with Crippen molar-refractivity contribution in [2.45, 2.75) is 0 Å². The van der Waals surface area contributed by atoms with Gasteiger partial charge in [-0.2, -0.15) is 0 Å². The average Bonchev–Trinajstić information content (AvgIpc) is 2.21. The first-order valence-electron chi connectivity index (χ1n) is 4.12. The summed E-state index contributed by atoms with van der Waals surface area (Å²) in [5, 5.41) is 9.15. The van der Waals surface area contributed by atoms with Gasteiger partial charge in [0.1, 0.15) is 5.70 Å². The molecule has 0 heterocycles. The van der Waals surface area contributed by atoms with Gasteiger partial charge in [0.2, 0.25) is 0 Å². The van der Waals surface area contributed by atoms with Crippen molar-refractivity contribution < 1.29 is 14.3 Å². The second-order valence-electron chi connectivity index (χ2n) is 2.87. The summed E-state index contributed by atoms with van der Waals surface area (Å²) in [7, 11) is 0. The molecule has 0 fully saturated rings. The number of aliphatic carboxylic acids is 1. The van der Waals surface area contributed by atoms with Gasteiger partial charge >= 0.3 is 5.97 Å². The number of hydrazine groups is 1. The summed E-state index contributed by atoms with van der Waals surface area (Å²) in [6.45, 7) is 0. The molecule has 0 amide bonds. The SMILES string of the molecule is N/C(=C\N(N)c1cccc(Cl)c1F)C(=O)O. The molecule has 0 aliphatic rings. The van der Waals surface area contributed by atoms with E-state index in [0.717, 1.165) is 11.2 Å². The number of anilines is 1. The Morgan fingerprint density at radius 1 is 1.56 bits per heavy atom. The highest BCUT2D eigenvalue weighted by molar-refractivity contribution is 6.31. The molecule has 5 N–H and O–H groups in total. The fourth-order valence-electron chi connectivity index (χ4n) is 0.966. The molecular formula is C9H9ClFN3O2. The van der Waals surface area contributed by atoms with Crippen molar-refractivity contribution in [3.05, 3.63) is 40.9 Å². The maximum Gasteiger partial charge on any atom is 0.353 e. The van der Waals surface area contributed by atoms with Crippen molar-refractivity contribution in [2.75, 3.05) is 5.01 Å². The van der Waals surface area contributed by atoms with Crippen LogP contribution in [0.1, 0.15) is 0 Å². The molecule has 0 aliphatic carbocycles. The molecule has 5 nitrogen and oxygen atoms in total. The van der Waals surface area contributed by atoms with Crippen LogP contribution in [0.25, 0.3) is 0 Å². The van der Waals surface area contributed by atoms with Crippen molar-refractivity contribution in [1.29, 1.82) is 0 Å². The van der Waals surface area contributed by atoms with Crippen LogP contribution in [0.4, 0.5) is 10.1 Å². The van der Waals surface area contributed by atoms with Gasteiger partial charge in [-0.15, -0.1) is 0 Å². The van der Waals surface area contributed by atoms with Crippen molar-refractivity contribution in [3.63, 3.8) is 0 Å². The Balaban J connectivity index is 3.06. The quantitative estimate of drug-likeness (QED) is 0.420. The van der Waals surface area contributed by atoms with E-state index in [0.29, 0.717) is 0 Å². The van der Waals surface area contributed by atoms with Crippen molar-refractivity contribution in [3.8, 4) is 0 Å². The maximum atomic E-state index is 13.4. The molecule has 0 atom stereocenters. The molecule has 7 heteroatoms. The predicted molar refractivity (Wildman–Crippen MR) is 58.0 cm³/mol. The van der Waals surface area contributed by atoms with Crippen LogP contribution >= 0.6 is 11.6 Å². The molecule has 0 saturated heterocycles. The van der Waals surface area contributed by atoms with E-state index in [2.05, 4.69) is 0 Å². The summed E-state index contributed by atoms with van der Waals surface area (Å²) in [4.78, 5) is 10.4. The van der Waals surface area contributed by atoms with E-state index in [4.69, 9.17) is 28.3 Å². The third-order valence-electron chi connectivity index (χ3n) is 1.73. The second kappa shape index (κ2) is 4.82. The van der Waals surface area contributed by atoms with E-state index >= 15 is 0 Å². The van der Waals surface area contributed by atoms with E-state index in [9.17, 15) is 9.18 Å². The van der Waals surface area contributed by atoms with Gasteiger partial charge in [0.25, 0.3) is 0 Å². The minimum Gasteiger partial charge on any atom is -0.477 e. The molecule has 86 valence electrons. The van der Waals surface area contributed by atoms with Gasteiger partial charge in [-0.1, -0.05) is 17.7 Å². The van der Waals surface area contributed by atoms with E-state index in [1.165, 1.54) is 18.2 Å². The Labute approximate surface area is 95.7 Å². The summed E-state index contributed by atoms with van der Waals surface area (Å²) < 4.78 is 13.4. The lowest BCUT2D eigenvalue weighted by atomic mass is 10.3. The van der Waals surface area contributed by atoms with Crippen molar-refractivity contribution >= 4 is 23.3 Å². The lowest BCUT2D eigenvalue weighted by Crippen LogP contribution is -2.28. The minimum absolute atomic E-state index is 0.0725. The van der Waals surface area contributed by atoms with Crippen LogP contribution in [0.3, 0.4) is 0 Å². The predicted octanol–water partition coefficient (Wildman–Crippen LogP) is 1.04. The number of halogens is 2. The Kier molecular flexibility index (Phi) is 3.70. The maximum absolute atomic E-state index is 13.4. The summed E-state index contributed by atoms with van der Waals surface area (Å²) in [6, 6.07) is 4.16. The summed E-state index contributed by atoms with van der Waals surface area (Å²) in [6.07, 6.45) is 0.886. The van der Waals surface area contributed by atoms with Gasteiger partial charge in [0.05, 0.1) is 16.9 Å². The summed E-state index contributed by atoms with van der Waals surface area (Å²) >= 11 is 5.53. The number of nitrogens with zero attached hydrogens (tertiary/aromatic N) is 1. The largest absolute Gasteiger partial charge is 0.477 e. The van der Waals surface area contributed by atoms with Crippen LogP contribution in [0.15, 0.2) is 30.1 Å². The zero-order valence-corrected chi connectivity index (χ0v) is 8.78. The molecule has 0 saturated carbocycles. The van der Waals surface area contributed by atoms with Gasteiger partial charge < -0.3 is 10.8 Å². The number of hydrogen-bond donors (Lipinski definition) is 3. The molecule has 1 aromatic rings. The van der Waals surface area contributed by atoms with Gasteiger partial charge in [-0.25, -0.2) is 15.0 Å². The molecule has 0 aliphatic heterocycles. The number of carbonyl (C=O) groups is 1. The van der Waals surface area contributed by atoms with Crippen LogP contribution in [-0.4, -0.2) is 11.1 Å². The van der Waals surface area contributed by atoms with Crippen LogP contribution in [0.5, 0.6) is 0 Å². The molecule has 0 radical (unpaired) electrons. The van der Waals surface area contributed by atoms with Gasteiger partial charge in [-0.05, 0) is 12.1 Å². The average molecular weight is 246 g/mol. The normalized spacial score (nSPS) is 11.3. The van der Waals surface area contributed by atoms with Crippen molar-refractivity contribution in [1.82, 2.24) is 0 Å². The standard InChI is InChI=1S/C9H9ClFN3O2/c10-5-2-1-3-7(8(5)11)14(13)4-6(12)9(15)16/h1-4H,12-13H2,(H,15,16)/b6-4-. The van der Waals surface area contributed by atoms with Gasteiger partial charge in [0.15, 0.2) is 5.82 Å². The van der Waals surface area contributed by atoms with Crippen LogP contribution in [0.2, 0.25) is 5.02 Å². The third kappa shape index (κ3) is 2.62. The lowest BCUT2D eigenvalue weighted by Gasteiger charge is -2.15. The number of hydrogen-bond acceptors (Lipinski definition) is 4. The number of nitrogens with two attached hydrogens (primary N) is 2. The molecular weight excluding hydrogens is 237 g/mol. The molecule has 1 aromatic carbocycles. The summed E-state index contributed by atoms with van der Waals surface area (Å²) in [5.41, 5.74) is 4.54. The van der Waals surface area contributed by atoms with E-state index < -0.39 is 17.5 Å². The van der Waals surface area contributed by atoms with Crippen LogP contribution < -0.4 is 16.6 Å². The highest BCUT2D eigenvalue weighted by Gasteiger charge is 2.11. The number of carboxylic acid groups (broad SMARTS) is 1. The fourth-order valence-corrected chi connectivity index (χ4v) is 1.14. The van der Waals surface area contributed by atoms with E-state index in [-0.39, 0.29) is 10.7 Å². The third-order valence-corrected chi connectivity index (χ3v) is 2.03. The zero-order chi connectivity index (χ0) is 12.3. The number of benzene rings is 1. The smallest absolute Gasteiger partial charge is 0.353 e. The number of rotatable bonds is 3. The molecule has 0 bridgehead atoms. The molecule has 16 heavy (non-hydrogen) atoms. The molecule has 0 aromatic heterocycles. The van der Waals surface area contributed by atoms with Crippen LogP contribution in [-0.2, 0) is 4.79 Å². The molecule has 0 unspecified atom stereocenters. The minimum atomic E-state index is -1.35. The van der Waals surface area contributed by atoms with Crippen LogP contribution in [0, 0.1) is 5.82 Å². The second-order valence-corrected chi connectivity index (χ2v) is 3.28. The Morgan fingerprint density at radius 3 is 2.75 bits per heavy atom. The fraction of sp³-hybridized carbons (Fsp3) is 0. The monoisotopic (exact) mass is 245 g/mol. The first-order valence-corrected chi connectivity index (χ1v) is 4.50.